The smallest absolute Gasteiger partial charge is 0.255 e. The number of carbonyl (C=O) groups excluding carboxylic acids is 3. The van der Waals surface area contributed by atoms with Gasteiger partial charge in [0.05, 0.1) is 16.7 Å². The number of nitrogens with one attached hydrogen (secondary N) is 1. The van der Waals surface area contributed by atoms with E-state index in [1.165, 1.54) is 0 Å². The number of nitrogens with zero attached hydrogens (tertiary/aromatic N) is 3. The Hall–Kier alpha value is -3.89. The number of benzene rings is 2. The molecule has 1 N–H and O–H groups in total. The molecule has 1 aromatic heterocycles. The first-order valence-electron chi connectivity index (χ1n) is 14.0. The molecule has 0 bridgehead atoms. The average molecular weight is 573 g/mol. The van der Waals surface area contributed by atoms with Gasteiger partial charge in [0.25, 0.3) is 5.91 Å². The van der Waals surface area contributed by atoms with Gasteiger partial charge in [-0.25, -0.2) is 8.42 Å². The summed E-state index contributed by atoms with van der Waals surface area (Å²) in [4.78, 5) is 45.3. The number of rotatable bonds is 7. The fourth-order valence-electron chi connectivity index (χ4n) is 6.07. The molecular formula is C31H32N4O5S. The molecule has 1 unspecified atom stereocenters. The standard InChI is InChI=1S/C31H32N4O5S/c36-29-9-8-28(30(37)33-29)35-19-24-17-23(6-7-26(24)31(35)38)27-16-22(10-13-32-27)18-34-14-11-25(12-15-34)41(39,40)20-21-4-2-1-3-5-21/h1-7,10,13,16-17,25,28H,8-9,11-12,14-15,18-20H2,(H,33,36,37). The lowest BCUT2D eigenvalue weighted by Crippen LogP contribution is -2.52. The molecule has 10 heteroatoms. The highest BCUT2D eigenvalue weighted by Gasteiger charge is 2.39. The molecule has 0 saturated carbocycles. The molecule has 0 radical (unpaired) electrons. The Morgan fingerprint density at radius 1 is 0.902 bits per heavy atom. The van der Waals surface area contributed by atoms with Crippen LogP contribution < -0.4 is 5.32 Å². The molecule has 3 aliphatic rings. The van der Waals surface area contributed by atoms with Gasteiger partial charge in [-0.05, 0) is 73.3 Å². The Balaban J connectivity index is 1.09. The second kappa shape index (κ2) is 11.2. The predicted octanol–water partition coefficient (Wildman–Crippen LogP) is 3.09. The third-order valence-electron chi connectivity index (χ3n) is 8.30. The van der Waals surface area contributed by atoms with Crippen LogP contribution in [0.15, 0.2) is 66.9 Å². The van der Waals surface area contributed by atoms with Crippen LogP contribution in [-0.2, 0) is 38.3 Å². The summed E-state index contributed by atoms with van der Waals surface area (Å²) in [5.74, 6) is -0.836. The largest absolute Gasteiger partial charge is 0.322 e. The zero-order valence-corrected chi connectivity index (χ0v) is 23.5. The monoisotopic (exact) mass is 572 g/mol. The molecule has 0 aliphatic carbocycles. The lowest BCUT2D eigenvalue weighted by Gasteiger charge is -2.31. The second-order valence-electron chi connectivity index (χ2n) is 11.1. The number of hydrogen-bond acceptors (Lipinski definition) is 7. The normalized spacial score (nSPS) is 20.2. The van der Waals surface area contributed by atoms with E-state index in [4.69, 9.17) is 0 Å². The van der Waals surface area contributed by atoms with Gasteiger partial charge in [-0.1, -0.05) is 36.4 Å². The van der Waals surface area contributed by atoms with Crippen molar-refractivity contribution in [3.8, 4) is 11.3 Å². The van der Waals surface area contributed by atoms with Crippen molar-refractivity contribution in [1.29, 1.82) is 0 Å². The number of likely N-dealkylation sites (tertiary alicyclic amines) is 1. The highest BCUT2D eigenvalue weighted by molar-refractivity contribution is 7.91. The van der Waals surface area contributed by atoms with Crippen molar-refractivity contribution in [2.24, 2.45) is 0 Å². The number of fused-ring (bicyclic) bond motifs is 1. The van der Waals surface area contributed by atoms with Crippen molar-refractivity contribution in [3.63, 3.8) is 0 Å². The van der Waals surface area contributed by atoms with Gasteiger partial charge in [0.2, 0.25) is 11.8 Å². The van der Waals surface area contributed by atoms with Crippen LogP contribution in [0.4, 0.5) is 0 Å². The number of amides is 3. The zero-order valence-electron chi connectivity index (χ0n) is 22.7. The second-order valence-corrected chi connectivity index (χ2v) is 13.4. The van der Waals surface area contributed by atoms with Gasteiger partial charge in [0, 0.05) is 36.8 Å². The fourth-order valence-corrected chi connectivity index (χ4v) is 7.90. The van der Waals surface area contributed by atoms with Gasteiger partial charge in [0.15, 0.2) is 9.84 Å². The van der Waals surface area contributed by atoms with Crippen molar-refractivity contribution in [2.75, 3.05) is 13.1 Å². The predicted molar refractivity (Wildman–Crippen MR) is 153 cm³/mol. The number of aromatic nitrogens is 1. The van der Waals surface area contributed by atoms with Crippen LogP contribution in [0, 0.1) is 0 Å². The van der Waals surface area contributed by atoms with E-state index in [0.717, 1.165) is 27.9 Å². The van der Waals surface area contributed by atoms with E-state index in [0.29, 0.717) is 51.0 Å². The summed E-state index contributed by atoms with van der Waals surface area (Å²) in [5.41, 5.74) is 5.00. The molecule has 4 heterocycles. The van der Waals surface area contributed by atoms with Gasteiger partial charge >= 0.3 is 0 Å². The fraction of sp³-hybridized carbons (Fsp3) is 0.355. The number of piperidine rings is 2. The quantitative estimate of drug-likeness (QED) is 0.433. The molecule has 9 nitrogen and oxygen atoms in total. The molecule has 3 amide bonds. The molecule has 2 aromatic carbocycles. The lowest BCUT2D eigenvalue weighted by molar-refractivity contribution is -0.136. The molecule has 2 saturated heterocycles. The summed E-state index contributed by atoms with van der Waals surface area (Å²) < 4.78 is 26.0. The summed E-state index contributed by atoms with van der Waals surface area (Å²) in [6.45, 7) is 2.45. The first-order chi connectivity index (χ1) is 19.8. The zero-order chi connectivity index (χ0) is 28.6. The third-order valence-corrected chi connectivity index (χ3v) is 10.5. The molecule has 0 spiro atoms. The number of imide groups is 1. The lowest BCUT2D eigenvalue weighted by atomic mass is 10.0. The molecule has 1 atom stereocenters. The topological polar surface area (TPSA) is 117 Å². The molecule has 2 fully saturated rings. The SMILES string of the molecule is O=C1CCC(N2Cc3cc(-c4cc(CN5CCC(S(=O)(=O)Cc6ccccc6)CC5)ccn4)ccc3C2=O)C(=O)N1. The van der Waals surface area contributed by atoms with Crippen molar-refractivity contribution in [1.82, 2.24) is 20.1 Å². The number of hydrogen-bond donors (Lipinski definition) is 1. The van der Waals surface area contributed by atoms with Gasteiger partial charge in [-0.3, -0.25) is 29.6 Å². The minimum Gasteiger partial charge on any atom is -0.322 e. The van der Waals surface area contributed by atoms with E-state index >= 15 is 0 Å². The van der Waals surface area contributed by atoms with E-state index < -0.39 is 21.8 Å². The maximum atomic E-state index is 13.0. The molecule has 6 rings (SSSR count). The van der Waals surface area contributed by atoms with Crippen LogP contribution >= 0.6 is 0 Å². The van der Waals surface area contributed by atoms with Gasteiger partial charge in [-0.15, -0.1) is 0 Å². The Kier molecular flexibility index (Phi) is 7.44. The van der Waals surface area contributed by atoms with E-state index in [-0.39, 0.29) is 29.2 Å². The summed E-state index contributed by atoms with van der Waals surface area (Å²) in [7, 11) is -3.20. The third kappa shape index (κ3) is 5.80. The molecular weight excluding hydrogens is 540 g/mol. The van der Waals surface area contributed by atoms with E-state index in [1.54, 1.807) is 17.2 Å². The summed E-state index contributed by atoms with van der Waals surface area (Å²) in [6, 6.07) is 18.3. The van der Waals surface area contributed by atoms with Gasteiger partial charge < -0.3 is 4.90 Å². The maximum Gasteiger partial charge on any atom is 0.255 e. The number of sulfone groups is 1. The average Bonchev–Trinajstić information content (AvgIpc) is 3.29. The minimum atomic E-state index is -3.20. The van der Waals surface area contributed by atoms with Gasteiger partial charge in [0.1, 0.15) is 6.04 Å². The van der Waals surface area contributed by atoms with Crippen LogP contribution in [0.5, 0.6) is 0 Å². The molecule has 3 aromatic rings. The first-order valence-corrected chi connectivity index (χ1v) is 15.7. The van der Waals surface area contributed by atoms with E-state index in [9.17, 15) is 22.8 Å². The Morgan fingerprint density at radius 2 is 1.68 bits per heavy atom. The van der Waals surface area contributed by atoms with Gasteiger partial charge in [-0.2, -0.15) is 0 Å². The van der Waals surface area contributed by atoms with E-state index in [1.807, 2.05) is 54.6 Å². The number of pyridine rings is 1. The highest BCUT2D eigenvalue weighted by atomic mass is 32.2. The number of carbonyl (C=O) groups is 3. The summed E-state index contributed by atoms with van der Waals surface area (Å²) >= 11 is 0. The van der Waals surface area contributed by atoms with Crippen LogP contribution in [-0.4, -0.2) is 65.3 Å². The van der Waals surface area contributed by atoms with Crippen molar-refractivity contribution < 1.29 is 22.8 Å². The summed E-state index contributed by atoms with van der Waals surface area (Å²) in [5, 5.41) is 2.02. The maximum absolute atomic E-state index is 13.0. The van der Waals surface area contributed by atoms with Crippen LogP contribution in [0.3, 0.4) is 0 Å². The first kappa shape index (κ1) is 27.3. The van der Waals surface area contributed by atoms with Crippen LogP contribution in [0.1, 0.15) is 52.7 Å². The van der Waals surface area contributed by atoms with Crippen molar-refractivity contribution in [2.45, 2.75) is 55.8 Å². The van der Waals surface area contributed by atoms with Crippen LogP contribution in [0.2, 0.25) is 0 Å². The summed E-state index contributed by atoms with van der Waals surface area (Å²) in [6.07, 6.45) is 3.57. The van der Waals surface area contributed by atoms with Crippen molar-refractivity contribution >= 4 is 27.6 Å². The molecule has 41 heavy (non-hydrogen) atoms. The Morgan fingerprint density at radius 3 is 2.44 bits per heavy atom. The van der Waals surface area contributed by atoms with Crippen molar-refractivity contribution in [3.05, 3.63) is 89.1 Å². The van der Waals surface area contributed by atoms with Crippen LogP contribution in [0.25, 0.3) is 11.3 Å². The highest BCUT2D eigenvalue weighted by Crippen LogP contribution is 2.31. The Bertz CT molecular complexity index is 1600. The Labute approximate surface area is 239 Å². The molecule has 212 valence electrons. The molecule has 3 aliphatic heterocycles. The van der Waals surface area contributed by atoms with E-state index in [2.05, 4.69) is 15.2 Å². The minimum absolute atomic E-state index is 0.0872.